The first-order valence-electron chi connectivity index (χ1n) is 12.8. The number of ether oxygens (including phenoxy) is 1. The molecule has 4 saturated carbocycles. The summed E-state index contributed by atoms with van der Waals surface area (Å²) in [6, 6.07) is 0. The molecule has 0 spiro atoms. The van der Waals surface area contributed by atoms with Gasteiger partial charge in [0.15, 0.2) is 0 Å². The van der Waals surface area contributed by atoms with Crippen LogP contribution in [0.1, 0.15) is 98.8 Å². The zero-order valence-electron chi connectivity index (χ0n) is 20.4. The minimum absolute atomic E-state index is 0.0569. The van der Waals surface area contributed by atoms with E-state index in [1.807, 2.05) is 0 Å². The molecule has 4 aliphatic rings. The maximum Gasteiger partial charge on any atom is 0.305 e. The lowest BCUT2D eigenvalue weighted by atomic mass is 9.42. The second-order valence-electron chi connectivity index (χ2n) is 12.7. The molecule has 1 N–H and O–H groups in total. The van der Waals surface area contributed by atoms with E-state index in [4.69, 9.17) is 4.74 Å². The van der Waals surface area contributed by atoms with Crippen LogP contribution in [0, 0.1) is 52.3 Å². The lowest BCUT2D eigenvalue weighted by Gasteiger charge is -2.64. The molecule has 0 aromatic heterocycles. The summed E-state index contributed by atoms with van der Waals surface area (Å²) in [6.07, 6.45) is 11.6. The number of fused-ring (bicyclic) bond motifs is 5. The van der Waals surface area contributed by atoms with Crippen LogP contribution in [0.4, 0.5) is 0 Å². The van der Waals surface area contributed by atoms with Crippen LogP contribution in [0.2, 0.25) is 0 Å². The van der Waals surface area contributed by atoms with Crippen LogP contribution in [0.5, 0.6) is 0 Å². The molecule has 0 aliphatic heterocycles. The highest BCUT2D eigenvalue weighted by atomic mass is 16.5. The summed E-state index contributed by atoms with van der Waals surface area (Å²) in [5, 5.41) is 10.8. The van der Waals surface area contributed by atoms with Crippen molar-refractivity contribution in [1.29, 1.82) is 0 Å². The van der Waals surface area contributed by atoms with Gasteiger partial charge in [0.25, 0.3) is 0 Å². The van der Waals surface area contributed by atoms with Gasteiger partial charge >= 0.3 is 5.97 Å². The minimum atomic E-state index is -0.456. The Morgan fingerprint density at radius 1 is 1.03 bits per heavy atom. The molecule has 3 heteroatoms. The largest absolute Gasteiger partial charge is 0.469 e. The quantitative estimate of drug-likeness (QED) is 0.550. The Morgan fingerprint density at radius 3 is 2.43 bits per heavy atom. The van der Waals surface area contributed by atoms with Crippen LogP contribution in [0.25, 0.3) is 0 Å². The number of carbonyl (C=O) groups excluding carboxylic acids is 1. The minimum Gasteiger partial charge on any atom is -0.469 e. The van der Waals surface area contributed by atoms with Crippen molar-refractivity contribution in [3.05, 3.63) is 0 Å². The molecule has 30 heavy (non-hydrogen) atoms. The second-order valence-corrected chi connectivity index (χ2v) is 12.7. The van der Waals surface area contributed by atoms with Gasteiger partial charge in [-0.15, -0.1) is 0 Å². The highest BCUT2D eigenvalue weighted by molar-refractivity contribution is 5.69. The summed E-state index contributed by atoms with van der Waals surface area (Å²) in [5.41, 5.74) is 0.405. The van der Waals surface area contributed by atoms with Gasteiger partial charge in [0.2, 0.25) is 0 Å². The van der Waals surface area contributed by atoms with Crippen LogP contribution in [0.3, 0.4) is 0 Å². The lowest BCUT2D eigenvalue weighted by Crippen LogP contribution is -2.57. The predicted octanol–water partition coefficient (Wildman–Crippen LogP) is 6.23. The molecule has 0 aromatic carbocycles. The maximum absolute atomic E-state index is 11.7. The van der Waals surface area contributed by atoms with Crippen LogP contribution in [-0.4, -0.2) is 23.8 Å². The second kappa shape index (κ2) is 7.78. The number of esters is 1. The molecular formula is C27H46O3. The molecular weight excluding hydrogens is 372 g/mol. The topological polar surface area (TPSA) is 46.5 Å². The molecule has 0 bridgehead atoms. The Bertz CT molecular complexity index is 656. The summed E-state index contributed by atoms with van der Waals surface area (Å²) < 4.78 is 4.90. The van der Waals surface area contributed by atoms with Gasteiger partial charge in [-0.05, 0) is 117 Å². The number of methoxy groups -OCH3 is 1. The summed E-state index contributed by atoms with van der Waals surface area (Å²) in [7, 11) is 1.50. The highest BCUT2D eigenvalue weighted by Gasteiger charge is 2.62. The van der Waals surface area contributed by atoms with Gasteiger partial charge in [0.05, 0.1) is 12.7 Å². The highest BCUT2D eigenvalue weighted by Crippen LogP contribution is 2.69. The Balaban J connectivity index is 1.52. The summed E-state index contributed by atoms with van der Waals surface area (Å²) in [6.45, 7) is 12.1. The van der Waals surface area contributed by atoms with Crippen molar-refractivity contribution in [2.75, 3.05) is 7.11 Å². The number of aliphatic hydroxyl groups is 1. The van der Waals surface area contributed by atoms with Crippen molar-refractivity contribution < 1.29 is 14.6 Å². The van der Waals surface area contributed by atoms with E-state index < -0.39 is 5.60 Å². The van der Waals surface area contributed by atoms with E-state index in [1.54, 1.807) is 0 Å². The molecule has 4 fully saturated rings. The number of hydrogen-bond acceptors (Lipinski definition) is 3. The van der Waals surface area contributed by atoms with E-state index in [9.17, 15) is 9.90 Å². The zero-order chi connectivity index (χ0) is 21.9. The SMILES string of the molecule is COC(=O)CCC(C)C1CCC2C3CC(C)C4CC(C)(O)CCC4(C)C3CCC12C. The van der Waals surface area contributed by atoms with E-state index in [0.717, 1.165) is 48.9 Å². The zero-order valence-corrected chi connectivity index (χ0v) is 20.4. The van der Waals surface area contributed by atoms with Crippen molar-refractivity contribution in [2.24, 2.45) is 52.3 Å². The first-order chi connectivity index (χ1) is 14.0. The fourth-order valence-corrected chi connectivity index (χ4v) is 9.50. The van der Waals surface area contributed by atoms with E-state index in [-0.39, 0.29) is 5.97 Å². The Labute approximate surface area is 184 Å². The average Bonchev–Trinajstić information content (AvgIpc) is 3.05. The van der Waals surface area contributed by atoms with Gasteiger partial charge in [-0.3, -0.25) is 4.79 Å². The standard InChI is InChI=1S/C27H46O3/c1-17(7-10-24(28)30-6)20-8-9-21-19-15-18(2)23-16-25(3,29)13-14-27(23,5)22(19)11-12-26(20,21)4/h17-23,29H,7-16H2,1-6H3. The monoisotopic (exact) mass is 418 g/mol. The fourth-order valence-electron chi connectivity index (χ4n) is 9.50. The molecule has 0 aromatic rings. The van der Waals surface area contributed by atoms with E-state index in [0.29, 0.717) is 29.1 Å². The van der Waals surface area contributed by atoms with E-state index >= 15 is 0 Å². The van der Waals surface area contributed by atoms with Crippen LogP contribution < -0.4 is 0 Å². The van der Waals surface area contributed by atoms with Crippen LogP contribution >= 0.6 is 0 Å². The third kappa shape index (κ3) is 3.55. The Hall–Kier alpha value is -0.570. The van der Waals surface area contributed by atoms with Crippen LogP contribution in [0.15, 0.2) is 0 Å². The van der Waals surface area contributed by atoms with Crippen molar-refractivity contribution in [1.82, 2.24) is 0 Å². The molecule has 0 amide bonds. The third-order valence-corrected chi connectivity index (χ3v) is 11.1. The van der Waals surface area contributed by atoms with Gasteiger partial charge in [0, 0.05) is 6.42 Å². The number of carbonyl (C=O) groups is 1. The Morgan fingerprint density at radius 2 is 1.73 bits per heavy atom. The van der Waals surface area contributed by atoms with Crippen molar-refractivity contribution in [3.8, 4) is 0 Å². The Kier molecular flexibility index (Phi) is 5.87. The van der Waals surface area contributed by atoms with Crippen molar-refractivity contribution >= 4 is 5.97 Å². The maximum atomic E-state index is 11.7. The summed E-state index contributed by atoms with van der Waals surface area (Å²) in [5.74, 6) is 5.26. The first kappa shape index (κ1) is 22.6. The molecule has 10 atom stereocenters. The number of hydrogen-bond donors (Lipinski definition) is 1. The van der Waals surface area contributed by atoms with Gasteiger partial charge < -0.3 is 9.84 Å². The average molecular weight is 419 g/mol. The molecule has 0 radical (unpaired) electrons. The molecule has 0 saturated heterocycles. The van der Waals surface area contributed by atoms with Gasteiger partial charge in [-0.2, -0.15) is 0 Å². The van der Waals surface area contributed by atoms with Gasteiger partial charge in [0.1, 0.15) is 0 Å². The molecule has 172 valence electrons. The molecule has 10 unspecified atom stereocenters. The molecule has 4 rings (SSSR count). The van der Waals surface area contributed by atoms with Gasteiger partial charge in [-0.25, -0.2) is 0 Å². The lowest BCUT2D eigenvalue weighted by molar-refractivity contribution is -0.166. The summed E-state index contributed by atoms with van der Waals surface area (Å²) >= 11 is 0. The smallest absolute Gasteiger partial charge is 0.305 e. The molecule has 0 heterocycles. The molecule has 3 nitrogen and oxygen atoms in total. The predicted molar refractivity (Wildman–Crippen MR) is 121 cm³/mol. The van der Waals surface area contributed by atoms with Crippen molar-refractivity contribution in [2.45, 2.75) is 104 Å². The third-order valence-electron chi connectivity index (χ3n) is 11.1. The van der Waals surface area contributed by atoms with E-state index in [1.165, 1.54) is 45.6 Å². The van der Waals surface area contributed by atoms with Gasteiger partial charge in [-0.1, -0.05) is 27.7 Å². The summed E-state index contributed by atoms with van der Waals surface area (Å²) in [4.78, 5) is 11.7. The van der Waals surface area contributed by atoms with Crippen molar-refractivity contribution in [3.63, 3.8) is 0 Å². The number of rotatable bonds is 4. The van der Waals surface area contributed by atoms with E-state index in [2.05, 4.69) is 34.6 Å². The normalized spacial score (nSPS) is 51.4. The fraction of sp³-hybridized carbons (Fsp3) is 0.963. The van der Waals surface area contributed by atoms with Crippen LogP contribution in [-0.2, 0) is 9.53 Å². The molecule has 4 aliphatic carbocycles. The first-order valence-corrected chi connectivity index (χ1v) is 12.8.